The first-order valence-electron chi connectivity index (χ1n) is 7.88. The number of aliphatic hydroxyl groups is 1. The predicted octanol–water partition coefficient (Wildman–Crippen LogP) is 2.22. The lowest BCUT2D eigenvalue weighted by atomic mass is 9.79. The largest absolute Gasteiger partial charge is 0.497 e. The number of benzene rings is 2. The monoisotopic (exact) mass is 327 g/mol. The van der Waals surface area contributed by atoms with Crippen LogP contribution in [0.25, 0.3) is 0 Å². The van der Waals surface area contributed by atoms with Crippen molar-refractivity contribution in [2.45, 2.75) is 24.5 Å². The maximum atomic E-state index is 11.7. The van der Waals surface area contributed by atoms with E-state index in [0.717, 1.165) is 0 Å². The molecule has 1 saturated heterocycles. The Morgan fingerprint density at radius 2 is 1.42 bits per heavy atom. The third-order valence-electron chi connectivity index (χ3n) is 4.56. The number of hydrogen-bond donors (Lipinski definition) is 2. The molecule has 2 N–H and O–H groups in total. The summed E-state index contributed by atoms with van der Waals surface area (Å²) >= 11 is 0. The van der Waals surface area contributed by atoms with Crippen LogP contribution in [0.3, 0.4) is 0 Å². The van der Waals surface area contributed by atoms with Crippen LogP contribution in [0.5, 0.6) is 11.5 Å². The highest BCUT2D eigenvalue weighted by molar-refractivity contribution is 5.79. The molecule has 1 heterocycles. The van der Waals surface area contributed by atoms with Crippen LogP contribution in [0, 0.1) is 0 Å². The fourth-order valence-corrected chi connectivity index (χ4v) is 3.19. The summed E-state index contributed by atoms with van der Waals surface area (Å²) in [6.07, 6.45) is 0.993. The summed E-state index contributed by atoms with van der Waals surface area (Å²) in [4.78, 5) is 11.7. The van der Waals surface area contributed by atoms with Crippen molar-refractivity contribution < 1.29 is 19.4 Å². The standard InChI is InChI=1S/C19H21NO4/c1-23-15-7-3-13(4-8-15)19(22,17-11-12-18(21)20-17)14-5-9-16(24-2)10-6-14/h3-10,17,22H,11-12H2,1-2H3,(H,20,21)/t17-/m0/s1. The van der Waals surface area contributed by atoms with E-state index in [4.69, 9.17) is 9.47 Å². The van der Waals surface area contributed by atoms with Crippen molar-refractivity contribution in [2.24, 2.45) is 0 Å². The Bertz CT molecular complexity index is 662. The number of hydrogen-bond acceptors (Lipinski definition) is 4. The summed E-state index contributed by atoms with van der Waals surface area (Å²) < 4.78 is 10.4. The normalized spacial score (nSPS) is 17.5. The minimum atomic E-state index is -1.31. The molecule has 5 heteroatoms. The highest BCUT2D eigenvalue weighted by Gasteiger charge is 2.43. The maximum absolute atomic E-state index is 11.7. The van der Waals surface area contributed by atoms with Gasteiger partial charge >= 0.3 is 0 Å². The molecule has 0 aromatic heterocycles. The van der Waals surface area contributed by atoms with Gasteiger partial charge in [-0.05, 0) is 41.8 Å². The van der Waals surface area contributed by atoms with Crippen LogP contribution in [0.4, 0.5) is 0 Å². The van der Waals surface area contributed by atoms with Crippen molar-refractivity contribution >= 4 is 5.91 Å². The van der Waals surface area contributed by atoms with Gasteiger partial charge in [-0.3, -0.25) is 4.79 Å². The van der Waals surface area contributed by atoms with E-state index in [1.54, 1.807) is 38.5 Å². The van der Waals surface area contributed by atoms with E-state index in [-0.39, 0.29) is 11.9 Å². The Morgan fingerprint density at radius 1 is 0.958 bits per heavy atom. The molecule has 1 fully saturated rings. The van der Waals surface area contributed by atoms with Gasteiger partial charge in [0, 0.05) is 6.42 Å². The van der Waals surface area contributed by atoms with E-state index in [1.807, 2.05) is 24.3 Å². The second kappa shape index (κ2) is 6.53. The van der Waals surface area contributed by atoms with E-state index in [0.29, 0.717) is 35.5 Å². The first-order chi connectivity index (χ1) is 11.6. The van der Waals surface area contributed by atoms with Crippen molar-refractivity contribution in [1.82, 2.24) is 5.32 Å². The summed E-state index contributed by atoms with van der Waals surface area (Å²) in [5, 5.41) is 14.5. The van der Waals surface area contributed by atoms with Gasteiger partial charge in [-0.2, -0.15) is 0 Å². The summed E-state index contributed by atoms with van der Waals surface area (Å²) in [6.45, 7) is 0. The lowest BCUT2D eigenvalue weighted by Crippen LogP contribution is -2.47. The number of nitrogens with one attached hydrogen (secondary N) is 1. The third kappa shape index (κ3) is 2.83. The van der Waals surface area contributed by atoms with Crippen LogP contribution in [0.15, 0.2) is 48.5 Å². The Balaban J connectivity index is 2.06. The number of amides is 1. The van der Waals surface area contributed by atoms with Crippen LogP contribution in [-0.2, 0) is 10.4 Å². The number of carbonyl (C=O) groups is 1. The molecule has 0 saturated carbocycles. The first-order valence-corrected chi connectivity index (χ1v) is 7.88. The van der Waals surface area contributed by atoms with Crippen molar-refractivity contribution in [3.63, 3.8) is 0 Å². The smallest absolute Gasteiger partial charge is 0.220 e. The molecule has 2 aromatic rings. The fraction of sp³-hybridized carbons (Fsp3) is 0.316. The van der Waals surface area contributed by atoms with Crippen LogP contribution in [0.2, 0.25) is 0 Å². The molecule has 0 spiro atoms. The molecule has 0 bridgehead atoms. The maximum Gasteiger partial charge on any atom is 0.220 e. The molecular formula is C19H21NO4. The van der Waals surface area contributed by atoms with Crippen molar-refractivity contribution in [2.75, 3.05) is 14.2 Å². The zero-order valence-electron chi connectivity index (χ0n) is 13.8. The molecule has 0 radical (unpaired) electrons. The lowest BCUT2D eigenvalue weighted by Gasteiger charge is -2.35. The molecule has 126 valence electrons. The zero-order valence-corrected chi connectivity index (χ0v) is 13.8. The Labute approximate surface area is 141 Å². The third-order valence-corrected chi connectivity index (χ3v) is 4.56. The second-order valence-corrected chi connectivity index (χ2v) is 5.88. The van der Waals surface area contributed by atoms with E-state index >= 15 is 0 Å². The highest BCUT2D eigenvalue weighted by Crippen LogP contribution is 2.38. The Hall–Kier alpha value is -2.53. The molecule has 1 amide bonds. The molecule has 0 unspecified atom stereocenters. The molecule has 5 nitrogen and oxygen atoms in total. The van der Waals surface area contributed by atoms with Gasteiger partial charge in [-0.25, -0.2) is 0 Å². The van der Waals surface area contributed by atoms with Crippen molar-refractivity contribution in [3.05, 3.63) is 59.7 Å². The zero-order chi connectivity index (χ0) is 17.2. The minimum absolute atomic E-state index is 0.0413. The van der Waals surface area contributed by atoms with E-state index in [2.05, 4.69) is 5.32 Å². The average Bonchev–Trinajstić information content (AvgIpc) is 3.08. The average molecular weight is 327 g/mol. The minimum Gasteiger partial charge on any atom is -0.497 e. The molecule has 2 aromatic carbocycles. The lowest BCUT2D eigenvalue weighted by molar-refractivity contribution is -0.120. The first kappa shape index (κ1) is 16.3. The van der Waals surface area contributed by atoms with Gasteiger partial charge in [0.2, 0.25) is 5.91 Å². The Kier molecular flexibility index (Phi) is 4.44. The van der Waals surface area contributed by atoms with Crippen molar-refractivity contribution in [3.8, 4) is 11.5 Å². The van der Waals surface area contributed by atoms with Gasteiger partial charge in [-0.15, -0.1) is 0 Å². The van der Waals surface area contributed by atoms with Crippen LogP contribution < -0.4 is 14.8 Å². The number of rotatable bonds is 5. The number of carbonyl (C=O) groups excluding carboxylic acids is 1. The molecule has 24 heavy (non-hydrogen) atoms. The van der Waals surface area contributed by atoms with E-state index < -0.39 is 5.60 Å². The number of ether oxygens (including phenoxy) is 2. The summed E-state index contributed by atoms with van der Waals surface area (Å²) in [5.41, 5.74) is 0.103. The number of methoxy groups -OCH3 is 2. The molecule has 1 aliphatic rings. The summed E-state index contributed by atoms with van der Waals surface area (Å²) in [6, 6.07) is 14.1. The molecule has 3 rings (SSSR count). The summed E-state index contributed by atoms with van der Waals surface area (Å²) in [5.74, 6) is 1.39. The molecule has 1 atom stereocenters. The van der Waals surface area contributed by atoms with Gasteiger partial charge in [0.1, 0.15) is 17.1 Å². The van der Waals surface area contributed by atoms with Gasteiger partial charge in [0.25, 0.3) is 0 Å². The van der Waals surface area contributed by atoms with Gasteiger partial charge < -0.3 is 19.9 Å². The van der Waals surface area contributed by atoms with Crippen molar-refractivity contribution in [1.29, 1.82) is 0 Å². The molecular weight excluding hydrogens is 306 g/mol. The van der Waals surface area contributed by atoms with Gasteiger partial charge in [0.05, 0.1) is 20.3 Å². The van der Waals surface area contributed by atoms with E-state index in [9.17, 15) is 9.90 Å². The van der Waals surface area contributed by atoms with E-state index in [1.165, 1.54) is 0 Å². The fourth-order valence-electron chi connectivity index (χ4n) is 3.19. The van der Waals surface area contributed by atoms with Crippen LogP contribution in [0.1, 0.15) is 24.0 Å². The van der Waals surface area contributed by atoms with Gasteiger partial charge in [-0.1, -0.05) is 24.3 Å². The Morgan fingerprint density at radius 3 is 1.75 bits per heavy atom. The van der Waals surface area contributed by atoms with Gasteiger partial charge in [0.15, 0.2) is 0 Å². The molecule has 1 aliphatic heterocycles. The quantitative estimate of drug-likeness (QED) is 0.884. The molecule has 0 aliphatic carbocycles. The second-order valence-electron chi connectivity index (χ2n) is 5.88. The SMILES string of the molecule is COc1ccc(C(O)(c2ccc(OC)cc2)[C@@H]2CCC(=O)N2)cc1. The summed E-state index contributed by atoms with van der Waals surface area (Å²) in [7, 11) is 3.20. The van der Waals surface area contributed by atoms with Crippen LogP contribution in [-0.4, -0.2) is 31.3 Å². The topological polar surface area (TPSA) is 67.8 Å². The van der Waals surface area contributed by atoms with Crippen LogP contribution >= 0.6 is 0 Å². The highest BCUT2D eigenvalue weighted by atomic mass is 16.5. The predicted molar refractivity (Wildman–Crippen MR) is 90.2 cm³/mol.